The van der Waals surface area contributed by atoms with Crippen LogP contribution < -0.4 is 26.2 Å². The topological polar surface area (TPSA) is 44.5 Å². The van der Waals surface area contributed by atoms with Gasteiger partial charge in [-0.2, -0.15) is 5.26 Å². The Hall–Kier alpha value is -12.7. The van der Waals surface area contributed by atoms with Crippen molar-refractivity contribution in [3.05, 3.63) is 336 Å². The molecule has 2 aliphatic heterocycles. The first-order valence-electron chi connectivity index (χ1n) is 38.2. The van der Waals surface area contributed by atoms with Gasteiger partial charge >= 0.3 is 0 Å². The molecule has 16 aromatic rings. The van der Waals surface area contributed by atoms with Crippen molar-refractivity contribution in [2.45, 2.75) is 105 Å². The third kappa shape index (κ3) is 11.6. The Labute approximate surface area is 641 Å². The lowest BCUT2D eigenvalue weighted by Gasteiger charge is -2.45. The molecule has 0 aliphatic carbocycles. The largest absolute Gasteiger partial charge is 0.311 e. The molecule has 0 unspecified atom stereocenters. The van der Waals surface area contributed by atoms with Gasteiger partial charge in [-0.05, 0) is 226 Å². The van der Waals surface area contributed by atoms with Crippen molar-refractivity contribution >= 4 is 107 Å². The quantitative estimate of drug-likeness (QED) is 0.107. The molecule has 0 amide bonds. The predicted octanol–water partition coefficient (Wildman–Crippen LogP) is 25.9. The molecule has 109 heavy (non-hydrogen) atoms. The van der Waals surface area contributed by atoms with Crippen molar-refractivity contribution in [1.29, 1.82) is 5.26 Å². The van der Waals surface area contributed by atoms with E-state index in [0.29, 0.717) is 11.3 Å². The average Bonchev–Trinajstić information content (AvgIpc) is 0.935. The van der Waals surface area contributed by atoms with E-state index in [1.54, 1.807) is 0 Å². The Kier molecular flexibility index (Phi) is 16.0. The van der Waals surface area contributed by atoms with Gasteiger partial charge in [-0.1, -0.05) is 259 Å². The number of rotatable bonds is 9. The number of hydrogen-bond donors (Lipinski definition) is 0. The van der Waals surface area contributed by atoms with Crippen LogP contribution in [0.1, 0.15) is 111 Å². The van der Waals surface area contributed by atoms with Gasteiger partial charge in [0.15, 0.2) is 5.69 Å². The Balaban J connectivity index is 0.979. The summed E-state index contributed by atoms with van der Waals surface area (Å²) >= 11 is 0. The number of nitrogens with zero attached hydrogens (tertiary/aromatic N) is 6. The molecule has 0 fully saturated rings. The van der Waals surface area contributed by atoms with Gasteiger partial charge in [-0.25, -0.2) is 4.85 Å². The van der Waals surface area contributed by atoms with Crippen LogP contribution >= 0.6 is 0 Å². The minimum atomic E-state index is -0.280. The maximum Gasteiger partial charge on any atom is 0.252 e. The Morgan fingerprint density at radius 3 is 0.991 bits per heavy atom. The van der Waals surface area contributed by atoms with Crippen molar-refractivity contribution in [3.8, 4) is 73.1 Å². The zero-order valence-electron chi connectivity index (χ0n) is 64.1. The van der Waals surface area contributed by atoms with E-state index in [9.17, 15) is 5.26 Å². The lowest BCUT2D eigenvalue weighted by Crippen LogP contribution is -2.61. The Morgan fingerprint density at radius 1 is 0.303 bits per heavy atom. The lowest BCUT2D eigenvalue weighted by atomic mass is 9.33. The molecular weight excluding hydrogens is 1320 g/mol. The van der Waals surface area contributed by atoms with E-state index in [1.165, 1.54) is 60.2 Å². The highest BCUT2D eigenvalue weighted by Gasteiger charge is 2.45. The highest BCUT2D eigenvalue weighted by molar-refractivity contribution is 7.00. The Morgan fingerprint density at radius 2 is 0.642 bits per heavy atom. The van der Waals surface area contributed by atoms with Crippen LogP contribution in [0.4, 0.5) is 39.8 Å². The molecule has 2 aromatic heterocycles. The molecule has 0 spiro atoms. The summed E-state index contributed by atoms with van der Waals surface area (Å²) in [7, 11) is 0. The molecule has 6 nitrogen and oxygen atoms in total. The standard InChI is InChI=1S/C102H85BN6/c1-99(2,3)73-37-49-90-82(57-73)83-58-74(100(4,5)6)38-50-91(83)106(90)78-43-45-86-94(61-78)108(88-47-35-70(66-31-29-64(63-104)30-32-66)53-80(88)68-25-19-15-20-26-68)96-55-72(65-23-17-14-18-24-65)56-97-98(96)103(86)87-46-44-79(107-92-51-39-75(101(7,8)9)59-84(92)85-60-76(102(10,11)12)40-52-93(85)107)62-95(87)109(97)89-48-36-71(67-33-41-77(105-13)42-34-67)54-81(89)69-27-21-16-22-28-69/h14-62H,1-12H3. The SMILES string of the molecule is [C-]#[N+]c1ccc(-c2ccc(N3c4cc(-n5c6ccc(C(C)(C)C)cc6c6cc(C(C)(C)C)ccc65)ccc4B4c5ccc(-n6c7ccc(C(C)(C)C)cc7c7cc(C(C)(C)C)ccc76)cc5N(c5ccc(-c6ccc(C#N)cc6)cc5-c5ccccc5)c5cc(-c6ccccc6)cc3c54)c(-c3ccccc3)c2)cc1. The van der Waals surface area contributed by atoms with Crippen LogP contribution in [-0.2, 0) is 21.7 Å². The van der Waals surface area contributed by atoms with E-state index >= 15 is 0 Å². The summed E-state index contributed by atoms with van der Waals surface area (Å²) in [5, 5.41) is 15.0. The van der Waals surface area contributed by atoms with Crippen LogP contribution in [0.2, 0.25) is 0 Å². The number of fused-ring (bicyclic) bond motifs is 10. The number of anilines is 6. The molecule has 0 bridgehead atoms. The zero-order chi connectivity index (χ0) is 75.2. The second-order valence-electron chi connectivity index (χ2n) is 34.0. The van der Waals surface area contributed by atoms with Crippen LogP contribution in [0.25, 0.3) is 115 Å². The van der Waals surface area contributed by atoms with Crippen LogP contribution in [0.5, 0.6) is 0 Å². The first-order valence-corrected chi connectivity index (χ1v) is 38.2. The summed E-state index contributed by atoms with van der Waals surface area (Å²) in [6.07, 6.45) is 0. The number of aromatic nitrogens is 2. The van der Waals surface area contributed by atoms with Gasteiger partial charge in [0.1, 0.15) is 0 Å². The van der Waals surface area contributed by atoms with E-state index in [4.69, 9.17) is 6.57 Å². The molecule has 0 radical (unpaired) electrons. The van der Waals surface area contributed by atoms with Crippen molar-refractivity contribution in [2.24, 2.45) is 0 Å². The van der Waals surface area contributed by atoms with Crippen LogP contribution in [0.15, 0.2) is 297 Å². The monoisotopic (exact) mass is 1400 g/mol. The first kappa shape index (κ1) is 68.2. The van der Waals surface area contributed by atoms with E-state index in [0.717, 1.165) is 123 Å². The van der Waals surface area contributed by atoms with Crippen molar-refractivity contribution < 1.29 is 0 Å². The van der Waals surface area contributed by atoms with Gasteiger partial charge in [0.25, 0.3) is 6.71 Å². The van der Waals surface area contributed by atoms with E-state index in [1.807, 2.05) is 24.3 Å². The number of hydrogen-bond acceptors (Lipinski definition) is 3. The third-order valence-corrected chi connectivity index (χ3v) is 23.0. The van der Waals surface area contributed by atoms with Crippen molar-refractivity contribution in [2.75, 3.05) is 9.80 Å². The fraction of sp³-hybridized carbons (Fsp3) is 0.157. The molecule has 7 heteroatoms. The third-order valence-electron chi connectivity index (χ3n) is 23.0. The molecule has 0 saturated heterocycles. The van der Waals surface area contributed by atoms with Crippen LogP contribution in [-0.4, -0.2) is 15.8 Å². The zero-order valence-corrected chi connectivity index (χ0v) is 64.1. The molecule has 526 valence electrons. The normalized spacial score (nSPS) is 12.9. The van der Waals surface area contributed by atoms with Gasteiger partial charge in [0, 0.05) is 66.8 Å². The van der Waals surface area contributed by atoms with Gasteiger partial charge in [-0.3, -0.25) is 0 Å². The van der Waals surface area contributed by atoms with Crippen molar-refractivity contribution in [3.63, 3.8) is 0 Å². The summed E-state index contributed by atoms with van der Waals surface area (Å²) in [6.45, 7) is 35.4. The minimum absolute atomic E-state index is 0.0736. The average molecular weight is 1410 g/mol. The van der Waals surface area contributed by atoms with Crippen molar-refractivity contribution in [1.82, 2.24) is 9.13 Å². The van der Waals surface area contributed by atoms with Gasteiger partial charge in [0.2, 0.25) is 0 Å². The highest BCUT2D eigenvalue weighted by atomic mass is 15.2. The maximum absolute atomic E-state index is 10.0. The molecule has 4 heterocycles. The second kappa shape index (κ2) is 25.5. The van der Waals surface area contributed by atoms with E-state index in [-0.39, 0.29) is 28.4 Å². The minimum Gasteiger partial charge on any atom is -0.311 e. The summed E-state index contributed by atoms with van der Waals surface area (Å²) < 4.78 is 5.04. The van der Waals surface area contributed by atoms with Crippen LogP contribution in [0.3, 0.4) is 0 Å². The lowest BCUT2D eigenvalue weighted by molar-refractivity contribution is 0.590. The van der Waals surface area contributed by atoms with E-state index < -0.39 is 0 Å². The smallest absolute Gasteiger partial charge is 0.252 e. The summed E-state index contributed by atoms with van der Waals surface area (Å²) in [5.74, 6) is 0. The summed E-state index contributed by atoms with van der Waals surface area (Å²) in [6, 6.07) is 113. The van der Waals surface area contributed by atoms with Gasteiger partial charge in [0.05, 0.1) is 51.6 Å². The molecule has 0 atom stereocenters. The van der Waals surface area contributed by atoms with Crippen LogP contribution in [0, 0.1) is 17.9 Å². The van der Waals surface area contributed by atoms with E-state index in [2.05, 4.69) is 386 Å². The predicted molar refractivity (Wildman–Crippen MR) is 462 cm³/mol. The Bertz CT molecular complexity index is 5940. The fourth-order valence-electron chi connectivity index (χ4n) is 17.0. The fourth-order valence-corrected chi connectivity index (χ4v) is 17.0. The van der Waals surface area contributed by atoms with Gasteiger partial charge < -0.3 is 18.9 Å². The maximum atomic E-state index is 10.0. The first-order chi connectivity index (χ1) is 52.5. The highest BCUT2D eigenvalue weighted by Crippen LogP contribution is 2.53. The second-order valence-corrected chi connectivity index (χ2v) is 34.0. The molecule has 2 aliphatic rings. The molecule has 0 N–H and O–H groups in total. The number of benzene rings is 14. The van der Waals surface area contributed by atoms with Gasteiger partial charge in [-0.15, -0.1) is 0 Å². The molecule has 18 rings (SSSR count). The molecule has 0 saturated carbocycles. The number of nitriles is 1. The molecule has 14 aromatic carbocycles. The molecular formula is C102H85BN6. The summed E-state index contributed by atoms with van der Waals surface area (Å²) in [4.78, 5) is 9.01. The summed E-state index contributed by atoms with van der Waals surface area (Å²) in [5.41, 5.74) is 33.4.